The highest BCUT2D eigenvalue weighted by atomic mass is 32.2. The molecule has 1 saturated heterocycles. The SMILES string of the molecule is NNc1ncc([N+](=O)[O-])c(NC2CCCSC2)n1. The van der Waals surface area contributed by atoms with Crippen molar-refractivity contribution in [1.29, 1.82) is 0 Å². The molecular formula is C9H14N6O2S. The van der Waals surface area contributed by atoms with E-state index in [-0.39, 0.29) is 23.5 Å². The van der Waals surface area contributed by atoms with E-state index in [0.717, 1.165) is 30.5 Å². The number of nitrogens with two attached hydrogens (primary N) is 1. The molecule has 1 aromatic heterocycles. The molecule has 98 valence electrons. The minimum atomic E-state index is -0.501. The molecule has 0 spiro atoms. The second-order valence-electron chi connectivity index (χ2n) is 3.89. The Labute approximate surface area is 108 Å². The summed E-state index contributed by atoms with van der Waals surface area (Å²) in [6, 6.07) is 0.197. The van der Waals surface area contributed by atoms with Crippen LogP contribution in [0.3, 0.4) is 0 Å². The van der Waals surface area contributed by atoms with Crippen LogP contribution in [0, 0.1) is 10.1 Å². The summed E-state index contributed by atoms with van der Waals surface area (Å²) in [6.07, 6.45) is 3.24. The van der Waals surface area contributed by atoms with Crippen molar-refractivity contribution in [3.8, 4) is 0 Å². The zero-order valence-corrected chi connectivity index (χ0v) is 10.4. The predicted molar refractivity (Wildman–Crippen MR) is 70.5 cm³/mol. The minimum absolute atomic E-state index is 0.135. The molecule has 1 aromatic rings. The van der Waals surface area contributed by atoms with Gasteiger partial charge >= 0.3 is 5.69 Å². The third-order valence-electron chi connectivity index (χ3n) is 2.60. The molecule has 1 fully saturated rings. The molecule has 1 aliphatic rings. The van der Waals surface area contributed by atoms with Crippen molar-refractivity contribution >= 4 is 29.2 Å². The van der Waals surface area contributed by atoms with Gasteiger partial charge in [-0.15, -0.1) is 0 Å². The molecule has 2 heterocycles. The Kier molecular flexibility index (Phi) is 4.15. The maximum Gasteiger partial charge on any atom is 0.329 e. The summed E-state index contributed by atoms with van der Waals surface area (Å²) in [7, 11) is 0. The number of thioether (sulfide) groups is 1. The molecule has 1 unspecified atom stereocenters. The van der Waals surface area contributed by atoms with Crippen molar-refractivity contribution in [2.45, 2.75) is 18.9 Å². The maximum absolute atomic E-state index is 10.9. The van der Waals surface area contributed by atoms with E-state index in [1.807, 2.05) is 11.8 Å². The molecule has 1 aliphatic heterocycles. The second-order valence-corrected chi connectivity index (χ2v) is 5.04. The summed E-state index contributed by atoms with van der Waals surface area (Å²) in [6.45, 7) is 0. The van der Waals surface area contributed by atoms with E-state index in [1.54, 1.807) is 0 Å². The van der Waals surface area contributed by atoms with Gasteiger partial charge in [0.2, 0.25) is 11.8 Å². The molecule has 0 aliphatic carbocycles. The van der Waals surface area contributed by atoms with E-state index in [1.165, 1.54) is 0 Å². The first-order valence-corrected chi connectivity index (χ1v) is 6.68. The first-order chi connectivity index (χ1) is 8.70. The van der Waals surface area contributed by atoms with Crippen molar-refractivity contribution in [2.24, 2.45) is 5.84 Å². The number of hydrazine groups is 1. The summed E-state index contributed by atoms with van der Waals surface area (Å²) in [5.41, 5.74) is 2.15. The molecule has 0 bridgehead atoms. The van der Waals surface area contributed by atoms with Crippen LogP contribution in [0.5, 0.6) is 0 Å². The van der Waals surface area contributed by atoms with Gasteiger partial charge in [0.25, 0.3) is 0 Å². The largest absolute Gasteiger partial charge is 0.361 e. The average Bonchev–Trinajstić information content (AvgIpc) is 2.39. The van der Waals surface area contributed by atoms with E-state index < -0.39 is 4.92 Å². The molecule has 4 N–H and O–H groups in total. The Balaban J connectivity index is 2.19. The van der Waals surface area contributed by atoms with Crippen molar-refractivity contribution < 1.29 is 4.92 Å². The zero-order valence-electron chi connectivity index (χ0n) is 9.63. The van der Waals surface area contributed by atoms with Crippen molar-refractivity contribution in [2.75, 3.05) is 22.2 Å². The van der Waals surface area contributed by atoms with Crippen molar-refractivity contribution in [3.63, 3.8) is 0 Å². The molecule has 8 nitrogen and oxygen atoms in total. The lowest BCUT2D eigenvalue weighted by Crippen LogP contribution is -2.27. The van der Waals surface area contributed by atoms with Crippen LogP contribution in [-0.4, -0.2) is 32.4 Å². The highest BCUT2D eigenvalue weighted by molar-refractivity contribution is 7.99. The third-order valence-corrected chi connectivity index (χ3v) is 3.81. The highest BCUT2D eigenvalue weighted by Crippen LogP contribution is 2.26. The molecular weight excluding hydrogens is 256 g/mol. The molecule has 9 heteroatoms. The predicted octanol–water partition coefficient (Wildman–Crippen LogP) is 0.978. The maximum atomic E-state index is 10.9. The number of rotatable bonds is 4. The molecule has 0 aromatic carbocycles. The highest BCUT2D eigenvalue weighted by Gasteiger charge is 2.21. The lowest BCUT2D eigenvalue weighted by Gasteiger charge is -2.22. The standard InChI is InChI=1S/C9H14N6O2S/c10-14-9-11-4-7(15(16)17)8(13-9)12-6-2-1-3-18-5-6/h4,6H,1-3,5,10H2,(H2,11,12,13,14). The molecule has 2 rings (SSSR count). The second kappa shape index (κ2) is 5.83. The quantitative estimate of drug-likeness (QED) is 0.421. The van der Waals surface area contributed by atoms with Gasteiger partial charge in [0.1, 0.15) is 6.20 Å². The minimum Gasteiger partial charge on any atom is -0.361 e. The van der Waals surface area contributed by atoms with E-state index in [2.05, 4.69) is 20.7 Å². The lowest BCUT2D eigenvalue weighted by molar-refractivity contribution is -0.384. The fourth-order valence-corrected chi connectivity index (χ4v) is 2.80. The number of aromatic nitrogens is 2. The smallest absolute Gasteiger partial charge is 0.329 e. The summed E-state index contributed by atoms with van der Waals surface area (Å²) < 4.78 is 0. The number of nitro groups is 1. The Hall–Kier alpha value is -1.61. The fourth-order valence-electron chi connectivity index (χ4n) is 1.73. The Morgan fingerprint density at radius 3 is 3.06 bits per heavy atom. The molecule has 0 saturated carbocycles. The van der Waals surface area contributed by atoms with Crippen LogP contribution in [0.15, 0.2) is 6.20 Å². The summed E-state index contributed by atoms with van der Waals surface area (Å²) >= 11 is 1.83. The molecule has 18 heavy (non-hydrogen) atoms. The normalized spacial score (nSPS) is 19.3. The first kappa shape index (κ1) is 12.8. The monoisotopic (exact) mass is 270 g/mol. The number of nitrogens with one attached hydrogen (secondary N) is 2. The van der Waals surface area contributed by atoms with E-state index in [9.17, 15) is 10.1 Å². The summed E-state index contributed by atoms with van der Waals surface area (Å²) in [5, 5.41) is 14.0. The van der Waals surface area contributed by atoms with Gasteiger partial charge < -0.3 is 5.32 Å². The van der Waals surface area contributed by atoms with Gasteiger partial charge in [-0.1, -0.05) is 0 Å². The topological polar surface area (TPSA) is 119 Å². The van der Waals surface area contributed by atoms with Gasteiger partial charge in [0, 0.05) is 11.8 Å². The number of nitrogen functional groups attached to an aromatic ring is 1. The average molecular weight is 270 g/mol. The van der Waals surface area contributed by atoms with Gasteiger partial charge in [0.05, 0.1) is 4.92 Å². The Morgan fingerprint density at radius 1 is 1.61 bits per heavy atom. The van der Waals surface area contributed by atoms with Crippen molar-refractivity contribution in [1.82, 2.24) is 9.97 Å². The van der Waals surface area contributed by atoms with Crippen LogP contribution in [0.1, 0.15) is 12.8 Å². The van der Waals surface area contributed by atoms with Crippen LogP contribution in [0.4, 0.5) is 17.5 Å². The van der Waals surface area contributed by atoms with E-state index >= 15 is 0 Å². The Morgan fingerprint density at radius 2 is 2.44 bits per heavy atom. The fraction of sp³-hybridized carbons (Fsp3) is 0.556. The first-order valence-electron chi connectivity index (χ1n) is 5.53. The van der Waals surface area contributed by atoms with Gasteiger partial charge in [-0.25, -0.2) is 10.8 Å². The number of hydrogen-bond donors (Lipinski definition) is 3. The molecule has 1 atom stereocenters. The van der Waals surface area contributed by atoms with Gasteiger partial charge in [-0.3, -0.25) is 15.5 Å². The van der Waals surface area contributed by atoms with Crippen molar-refractivity contribution in [3.05, 3.63) is 16.3 Å². The van der Waals surface area contributed by atoms with Gasteiger partial charge in [0.15, 0.2) is 0 Å². The number of nitrogens with zero attached hydrogens (tertiary/aromatic N) is 3. The summed E-state index contributed by atoms with van der Waals surface area (Å²) in [5.74, 6) is 7.64. The van der Waals surface area contributed by atoms with Gasteiger partial charge in [-0.2, -0.15) is 16.7 Å². The molecule has 0 radical (unpaired) electrons. The van der Waals surface area contributed by atoms with Crippen LogP contribution in [0.2, 0.25) is 0 Å². The van der Waals surface area contributed by atoms with Crippen LogP contribution < -0.4 is 16.6 Å². The summed E-state index contributed by atoms with van der Waals surface area (Å²) in [4.78, 5) is 18.1. The molecule has 0 amide bonds. The zero-order chi connectivity index (χ0) is 13.0. The third kappa shape index (κ3) is 2.99. The number of hydrogen-bond acceptors (Lipinski definition) is 8. The Bertz CT molecular complexity index is 437. The van der Waals surface area contributed by atoms with Gasteiger partial charge in [-0.05, 0) is 18.6 Å². The lowest BCUT2D eigenvalue weighted by atomic mass is 10.2. The van der Waals surface area contributed by atoms with Crippen LogP contribution in [-0.2, 0) is 0 Å². The van der Waals surface area contributed by atoms with E-state index in [4.69, 9.17) is 5.84 Å². The van der Waals surface area contributed by atoms with Crippen LogP contribution >= 0.6 is 11.8 Å². The van der Waals surface area contributed by atoms with Crippen LogP contribution in [0.25, 0.3) is 0 Å². The number of anilines is 2. The van der Waals surface area contributed by atoms with E-state index in [0.29, 0.717) is 0 Å².